The Morgan fingerprint density at radius 2 is 1.85 bits per heavy atom. The van der Waals surface area contributed by atoms with E-state index in [1.165, 1.54) is 25.0 Å². The number of Topliss-reactive ketones (excluding diaryl/α,β-unsaturated/α-hetero) is 1. The Morgan fingerprint density at radius 3 is 2.56 bits per heavy atom. The van der Waals surface area contributed by atoms with Crippen LogP contribution in [0.25, 0.3) is 0 Å². The summed E-state index contributed by atoms with van der Waals surface area (Å²) in [5, 5.41) is 6.84. The van der Waals surface area contributed by atoms with Crippen molar-refractivity contribution in [3.63, 3.8) is 0 Å². The fourth-order valence-corrected chi connectivity index (χ4v) is 9.18. The van der Waals surface area contributed by atoms with E-state index in [9.17, 15) is 9.59 Å². The predicted molar refractivity (Wildman–Crippen MR) is 131 cm³/mol. The van der Waals surface area contributed by atoms with Crippen LogP contribution in [0.15, 0.2) is 29.4 Å². The molecule has 0 spiro atoms. The molecule has 4 aliphatic carbocycles. The number of hydrazone groups is 1. The maximum absolute atomic E-state index is 12.7. The number of fused-ring (bicyclic) bond motifs is 7. The molecule has 0 aromatic heterocycles. The number of benzene rings is 1. The van der Waals surface area contributed by atoms with Crippen molar-refractivity contribution in [1.29, 1.82) is 0 Å². The number of ether oxygens (including phenoxy) is 1. The molecule has 6 rings (SSSR count). The van der Waals surface area contributed by atoms with Crippen molar-refractivity contribution in [2.45, 2.75) is 78.2 Å². The first kappa shape index (κ1) is 22.3. The Balaban J connectivity index is 1.34. The lowest BCUT2D eigenvalue weighted by atomic mass is 9.45. The Hall–Kier alpha value is -2.17. The van der Waals surface area contributed by atoms with Gasteiger partial charge in [0.05, 0.1) is 18.9 Å². The first-order valence-electron chi connectivity index (χ1n) is 13.3. The van der Waals surface area contributed by atoms with E-state index in [1.807, 2.05) is 12.1 Å². The van der Waals surface area contributed by atoms with Crippen LogP contribution in [0.4, 0.5) is 0 Å². The molecule has 4 saturated carbocycles. The summed E-state index contributed by atoms with van der Waals surface area (Å²) in [6.07, 6.45) is 8.64. The van der Waals surface area contributed by atoms with Crippen molar-refractivity contribution in [2.24, 2.45) is 45.5 Å². The van der Waals surface area contributed by atoms with E-state index in [1.54, 1.807) is 19.0 Å². The molecule has 1 aliphatic heterocycles. The predicted octanol–water partition coefficient (Wildman–Crippen LogP) is 5.79. The van der Waals surface area contributed by atoms with Gasteiger partial charge in [-0.2, -0.15) is 5.10 Å². The van der Waals surface area contributed by atoms with Crippen LogP contribution in [0.1, 0.15) is 83.7 Å². The van der Waals surface area contributed by atoms with Crippen LogP contribution in [0.3, 0.4) is 0 Å². The molecule has 0 N–H and O–H groups in total. The first-order valence-corrected chi connectivity index (χ1v) is 13.3. The van der Waals surface area contributed by atoms with Crippen molar-refractivity contribution in [1.82, 2.24) is 5.01 Å². The number of nitrogens with zero attached hydrogens (tertiary/aromatic N) is 2. The summed E-state index contributed by atoms with van der Waals surface area (Å²) >= 11 is 0. The molecular formula is C29H38N2O3. The maximum Gasteiger partial charge on any atom is 0.240 e. The smallest absolute Gasteiger partial charge is 0.240 e. The molecule has 1 amide bonds. The number of hydrogen-bond donors (Lipinski definition) is 0. The molecule has 0 saturated heterocycles. The lowest BCUT2D eigenvalue weighted by molar-refractivity contribution is -0.137. The number of carbonyl (C=O) groups excluding carboxylic acids is 2. The van der Waals surface area contributed by atoms with Gasteiger partial charge in [-0.3, -0.25) is 9.59 Å². The third-order valence-electron chi connectivity index (χ3n) is 11.0. The lowest BCUT2D eigenvalue weighted by Gasteiger charge is -2.59. The maximum atomic E-state index is 12.7. The van der Waals surface area contributed by atoms with Gasteiger partial charge in [0, 0.05) is 31.1 Å². The van der Waals surface area contributed by atoms with E-state index in [0.29, 0.717) is 34.9 Å². The summed E-state index contributed by atoms with van der Waals surface area (Å²) < 4.78 is 5.37. The van der Waals surface area contributed by atoms with Crippen molar-refractivity contribution in [3.05, 3.63) is 29.8 Å². The minimum absolute atomic E-state index is 0.0153. The summed E-state index contributed by atoms with van der Waals surface area (Å²) in [5.74, 6) is 4.28. The highest BCUT2D eigenvalue weighted by atomic mass is 16.5. The quantitative estimate of drug-likeness (QED) is 0.559. The minimum atomic E-state index is -0.0153. The highest BCUT2D eigenvalue weighted by molar-refractivity contribution is 5.98. The van der Waals surface area contributed by atoms with Crippen molar-refractivity contribution >= 4 is 17.4 Å². The number of rotatable bonds is 2. The van der Waals surface area contributed by atoms with Crippen LogP contribution in [0.5, 0.6) is 5.75 Å². The zero-order valence-electron chi connectivity index (χ0n) is 21.0. The number of hydrogen-bond acceptors (Lipinski definition) is 4. The molecule has 0 unspecified atom stereocenters. The van der Waals surface area contributed by atoms with E-state index < -0.39 is 0 Å². The number of carbonyl (C=O) groups is 2. The highest BCUT2D eigenvalue weighted by Crippen LogP contribution is 2.68. The standard InChI is InChI=1S/C29H38N2O3/c1-17(32)31-26(18-5-8-21(34-4)9-6-18)23-16-25-22-10-7-19-15-20(33)11-13-28(19,2)24(22)12-14-29(25,3)27(23)30-31/h5-6,8-9,19,22-26H,7,10-16H2,1-4H3/t19-,22+,23+,24-,25-,26+,28-,29-/m0/s1. The normalized spacial score (nSPS) is 42.9. The Labute approximate surface area is 203 Å². The van der Waals surface area contributed by atoms with Crippen LogP contribution >= 0.6 is 0 Å². The fraction of sp³-hybridized carbons (Fsp3) is 0.690. The second-order valence-corrected chi connectivity index (χ2v) is 12.3. The lowest BCUT2D eigenvalue weighted by Crippen LogP contribution is -2.53. The van der Waals surface area contributed by atoms with Crippen molar-refractivity contribution in [3.8, 4) is 5.75 Å². The van der Waals surface area contributed by atoms with Crippen LogP contribution in [-0.4, -0.2) is 29.5 Å². The SMILES string of the molecule is COc1ccc([C@@H]2[C@H]3C[C@H]4[C@@H]5CC[C@H]6CC(=O)CC[C@]6(C)[C@H]5CC[C@]4(C)C3=NN2C(C)=O)cc1. The van der Waals surface area contributed by atoms with E-state index in [2.05, 4.69) is 26.0 Å². The van der Waals surface area contributed by atoms with E-state index in [0.717, 1.165) is 49.3 Å². The molecule has 0 radical (unpaired) electrons. The molecule has 182 valence electrons. The fourth-order valence-electron chi connectivity index (χ4n) is 9.18. The van der Waals surface area contributed by atoms with E-state index in [-0.39, 0.29) is 17.4 Å². The summed E-state index contributed by atoms with van der Waals surface area (Å²) in [6, 6.07) is 8.20. The molecule has 1 aromatic rings. The van der Waals surface area contributed by atoms with Gasteiger partial charge in [-0.25, -0.2) is 5.01 Å². The molecule has 0 bridgehead atoms. The topological polar surface area (TPSA) is 59.0 Å². The molecule has 5 heteroatoms. The van der Waals surface area contributed by atoms with Gasteiger partial charge in [0.25, 0.3) is 0 Å². The van der Waals surface area contributed by atoms with Gasteiger partial charge < -0.3 is 4.74 Å². The Bertz CT molecular complexity index is 1050. The first-order chi connectivity index (χ1) is 16.3. The third-order valence-corrected chi connectivity index (χ3v) is 11.0. The van der Waals surface area contributed by atoms with Gasteiger partial charge in [-0.1, -0.05) is 26.0 Å². The number of ketones is 1. The summed E-state index contributed by atoms with van der Waals surface area (Å²) in [7, 11) is 1.68. The van der Waals surface area contributed by atoms with Crippen LogP contribution < -0.4 is 4.74 Å². The molecular weight excluding hydrogens is 424 g/mol. The van der Waals surface area contributed by atoms with Crippen molar-refractivity contribution in [2.75, 3.05) is 7.11 Å². The van der Waals surface area contributed by atoms with Crippen LogP contribution in [0, 0.1) is 40.4 Å². The average Bonchev–Trinajstić information content (AvgIpc) is 3.34. The Kier molecular flexibility index (Phi) is 5.03. The zero-order chi connectivity index (χ0) is 23.8. The van der Waals surface area contributed by atoms with Gasteiger partial charge >= 0.3 is 0 Å². The zero-order valence-corrected chi connectivity index (χ0v) is 21.0. The third kappa shape index (κ3) is 3.01. The summed E-state index contributed by atoms with van der Waals surface area (Å²) in [5.41, 5.74) is 2.82. The molecule has 1 aromatic carbocycles. The monoisotopic (exact) mass is 462 g/mol. The largest absolute Gasteiger partial charge is 0.497 e. The Morgan fingerprint density at radius 1 is 1.09 bits per heavy atom. The van der Waals surface area contributed by atoms with Gasteiger partial charge in [0.2, 0.25) is 5.91 Å². The van der Waals surface area contributed by atoms with Gasteiger partial charge in [-0.15, -0.1) is 0 Å². The van der Waals surface area contributed by atoms with Crippen LogP contribution in [-0.2, 0) is 9.59 Å². The second-order valence-electron chi connectivity index (χ2n) is 12.3. The highest BCUT2D eigenvalue weighted by Gasteiger charge is 2.64. The summed E-state index contributed by atoms with van der Waals surface area (Å²) in [6.45, 7) is 6.60. The van der Waals surface area contributed by atoms with E-state index >= 15 is 0 Å². The molecule has 8 atom stereocenters. The average molecular weight is 463 g/mol. The van der Waals surface area contributed by atoms with E-state index in [4.69, 9.17) is 9.84 Å². The molecule has 5 aliphatic rings. The molecule has 5 nitrogen and oxygen atoms in total. The molecule has 4 fully saturated rings. The number of methoxy groups -OCH3 is 1. The van der Waals surface area contributed by atoms with Gasteiger partial charge in [0.1, 0.15) is 11.5 Å². The molecule has 34 heavy (non-hydrogen) atoms. The van der Waals surface area contributed by atoms with Gasteiger partial charge in [0.15, 0.2) is 0 Å². The van der Waals surface area contributed by atoms with Crippen molar-refractivity contribution < 1.29 is 14.3 Å². The van der Waals surface area contributed by atoms with Gasteiger partial charge in [-0.05, 0) is 85.3 Å². The number of amides is 1. The minimum Gasteiger partial charge on any atom is -0.497 e. The summed E-state index contributed by atoms with van der Waals surface area (Å²) in [4.78, 5) is 24.9. The molecule has 1 heterocycles. The second kappa shape index (κ2) is 7.66. The van der Waals surface area contributed by atoms with Crippen LogP contribution in [0.2, 0.25) is 0 Å².